The van der Waals surface area contributed by atoms with E-state index in [4.69, 9.17) is 0 Å². The Balaban J connectivity index is 2.32. The zero-order chi connectivity index (χ0) is 15.4. The monoisotopic (exact) mass is 285 g/mol. The van der Waals surface area contributed by atoms with Gasteiger partial charge >= 0.3 is 0 Å². The number of aryl methyl sites for hydroxylation is 3. The van der Waals surface area contributed by atoms with Crippen molar-refractivity contribution >= 4 is 0 Å². The maximum atomic E-state index is 13.5. The van der Waals surface area contributed by atoms with Gasteiger partial charge in [0.25, 0.3) is 0 Å². The molecule has 0 radical (unpaired) electrons. The van der Waals surface area contributed by atoms with E-state index in [0.29, 0.717) is 0 Å². The van der Waals surface area contributed by atoms with Gasteiger partial charge in [0.05, 0.1) is 0 Å². The van der Waals surface area contributed by atoms with E-state index in [2.05, 4.69) is 44.3 Å². The molecular weight excluding hydrogens is 261 g/mol. The van der Waals surface area contributed by atoms with Gasteiger partial charge in [-0.1, -0.05) is 42.3 Å². The van der Waals surface area contributed by atoms with E-state index in [1.54, 1.807) is 6.07 Å². The van der Waals surface area contributed by atoms with Gasteiger partial charge in [0.2, 0.25) is 0 Å². The largest absolute Gasteiger partial charge is 0.310 e. The summed E-state index contributed by atoms with van der Waals surface area (Å²) in [6, 6.07) is 11.9. The van der Waals surface area contributed by atoms with Gasteiger partial charge < -0.3 is 5.32 Å². The van der Waals surface area contributed by atoms with Crippen LogP contribution < -0.4 is 5.32 Å². The third-order valence-electron chi connectivity index (χ3n) is 3.83. The smallest absolute Gasteiger partial charge is 0.123 e. The van der Waals surface area contributed by atoms with Crippen molar-refractivity contribution in [1.29, 1.82) is 0 Å². The van der Waals surface area contributed by atoms with E-state index < -0.39 is 0 Å². The second kappa shape index (κ2) is 6.86. The zero-order valence-electron chi connectivity index (χ0n) is 13.3. The lowest BCUT2D eigenvalue weighted by molar-refractivity contribution is 0.545. The van der Waals surface area contributed by atoms with Gasteiger partial charge in [-0.2, -0.15) is 0 Å². The van der Waals surface area contributed by atoms with Gasteiger partial charge in [-0.25, -0.2) is 4.39 Å². The maximum Gasteiger partial charge on any atom is 0.123 e. The van der Waals surface area contributed by atoms with Crippen molar-refractivity contribution in [3.05, 3.63) is 70.0 Å². The Kier molecular flexibility index (Phi) is 5.13. The molecule has 1 unspecified atom stereocenters. The molecule has 0 amide bonds. The summed E-state index contributed by atoms with van der Waals surface area (Å²) in [6.07, 6.45) is 0.806. The summed E-state index contributed by atoms with van der Waals surface area (Å²) in [7, 11) is 0. The van der Waals surface area contributed by atoms with Crippen LogP contribution in [-0.2, 0) is 6.42 Å². The van der Waals surface area contributed by atoms with Crippen LogP contribution in [0.3, 0.4) is 0 Å². The summed E-state index contributed by atoms with van der Waals surface area (Å²) in [5.41, 5.74) is 6.02. The average molecular weight is 285 g/mol. The first-order valence-corrected chi connectivity index (χ1v) is 7.56. The third kappa shape index (κ3) is 4.15. The highest BCUT2D eigenvalue weighted by Gasteiger charge is 2.14. The first-order chi connectivity index (χ1) is 9.99. The highest BCUT2D eigenvalue weighted by atomic mass is 19.1. The van der Waals surface area contributed by atoms with Crippen molar-refractivity contribution in [2.24, 2.45) is 0 Å². The van der Waals surface area contributed by atoms with Crippen molar-refractivity contribution in [1.82, 2.24) is 5.32 Å². The predicted molar refractivity (Wildman–Crippen MR) is 87.2 cm³/mol. The number of likely N-dealkylation sites (N-methyl/N-ethyl adjacent to an activating group) is 1. The fourth-order valence-corrected chi connectivity index (χ4v) is 2.85. The van der Waals surface area contributed by atoms with Gasteiger partial charge in [0.15, 0.2) is 0 Å². The second-order valence-corrected chi connectivity index (χ2v) is 5.81. The molecule has 0 aliphatic carbocycles. The molecular formula is C19H24FN. The molecule has 0 fully saturated rings. The van der Waals surface area contributed by atoms with Crippen LogP contribution in [0.4, 0.5) is 4.39 Å². The summed E-state index contributed by atoms with van der Waals surface area (Å²) in [6.45, 7) is 9.28. The first-order valence-electron chi connectivity index (χ1n) is 7.56. The summed E-state index contributed by atoms with van der Waals surface area (Å²) < 4.78 is 13.5. The third-order valence-corrected chi connectivity index (χ3v) is 3.83. The van der Waals surface area contributed by atoms with Gasteiger partial charge in [-0.05, 0) is 62.6 Å². The molecule has 0 saturated heterocycles. The van der Waals surface area contributed by atoms with Crippen molar-refractivity contribution in [3.8, 4) is 0 Å². The number of hydrogen-bond acceptors (Lipinski definition) is 1. The number of nitrogens with one attached hydrogen (secondary N) is 1. The molecule has 21 heavy (non-hydrogen) atoms. The molecule has 2 heteroatoms. The van der Waals surface area contributed by atoms with E-state index in [-0.39, 0.29) is 11.9 Å². The van der Waals surface area contributed by atoms with E-state index >= 15 is 0 Å². The summed E-state index contributed by atoms with van der Waals surface area (Å²) in [5, 5.41) is 3.53. The molecule has 0 aliphatic rings. The summed E-state index contributed by atoms with van der Waals surface area (Å²) in [5.74, 6) is -0.161. The average Bonchev–Trinajstić information content (AvgIpc) is 2.41. The molecule has 0 aliphatic heterocycles. The minimum atomic E-state index is -0.161. The van der Waals surface area contributed by atoms with Crippen LogP contribution in [0.25, 0.3) is 0 Å². The lowest BCUT2D eigenvalue weighted by Gasteiger charge is -2.21. The Morgan fingerprint density at radius 3 is 2.29 bits per heavy atom. The summed E-state index contributed by atoms with van der Waals surface area (Å²) >= 11 is 0. The van der Waals surface area contributed by atoms with E-state index in [1.807, 2.05) is 13.0 Å². The predicted octanol–water partition coefficient (Wildman–Crippen LogP) is 4.64. The SMILES string of the molecule is CCNC(Cc1cc(F)ccc1C)c1cc(C)cc(C)c1. The molecule has 1 N–H and O–H groups in total. The number of rotatable bonds is 5. The molecule has 0 aromatic heterocycles. The quantitative estimate of drug-likeness (QED) is 0.843. The number of halogens is 1. The van der Waals surface area contributed by atoms with Crippen LogP contribution in [0.2, 0.25) is 0 Å². The number of hydrogen-bond donors (Lipinski definition) is 1. The molecule has 1 atom stereocenters. The van der Waals surface area contributed by atoms with Crippen molar-refractivity contribution < 1.29 is 4.39 Å². The molecule has 112 valence electrons. The molecule has 2 aromatic rings. The Bertz CT molecular complexity index is 599. The zero-order valence-corrected chi connectivity index (χ0v) is 13.3. The lowest BCUT2D eigenvalue weighted by atomic mass is 9.94. The molecule has 0 saturated carbocycles. The van der Waals surface area contributed by atoms with E-state index in [0.717, 1.165) is 24.1 Å². The Morgan fingerprint density at radius 2 is 1.67 bits per heavy atom. The normalized spacial score (nSPS) is 12.4. The first kappa shape index (κ1) is 15.7. The Morgan fingerprint density at radius 1 is 1.00 bits per heavy atom. The van der Waals surface area contributed by atoms with Gasteiger partial charge in [0, 0.05) is 6.04 Å². The van der Waals surface area contributed by atoms with Crippen LogP contribution in [0.1, 0.15) is 40.8 Å². The summed E-state index contributed by atoms with van der Waals surface area (Å²) in [4.78, 5) is 0. The molecule has 2 aromatic carbocycles. The van der Waals surface area contributed by atoms with E-state index in [1.165, 1.54) is 22.8 Å². The minimum absolute atomic E-state index is 0.161. The topological polar surface area (TPSA) is 12.0 Å². The fraction of sp³-hybridized carbons (Fsp3) is 0.368. The molecule has 0 bridgehead atoms. The lowest BCUT2D eigenvalue weighted by Crippen LogP contribution is -2.23. The van der Waals surface area contributed by atoms with Crippen LogP contribution in [0.15, 0.2) is 36.4 Å². The highest BCUT2D eigenvalue weighted by molar-refractivity contribution is 5.34. The number of benzene rings is 2. The fourth-order valence-electron chi connectivity index (χ4n) is 2.85. The minimum Gasteiger partial charge on any atom is -0.310 e. The molecule has 0 heterocycles. The van der Waals surface area contributed by atoms with Crippen molar-refractivity contribution in [2.75, 3.05) is 6.54 Å². The van der Waals surface area contributed by atoms with Crippen molar-refractivity contribution in [3.63, 3.8) is 0 Å². The maximum absolute atomic E-state index is 13.5. The molecule has 2 rings (SSSR count). The van der Waals surface area contributed by atoms with E-state index in [9.17, 15) is 4.39 Å². The van der Waals surface area contributed by atoms with Gasteiger partial charge in [-0.15, -0.1) is 0 Å². The molecule has 0 spiro atoms. The standard InChI is InChI=1S/C19H24FN/c1-5-21-19(17-9-13(2)8-14(3)10-17)12-16-11-18(20)7-6-15(16)4/h6-11,19,21H,5,12H2,1-4H3. The van der Waals surface area contributed by atoms with Gasteiger partial charge in [0.1, 0.15) is 5.82 Å². The van der Waals surface area contributed by atoms with Crippen LogP contribution >= 0.6 is 0 Å². The van der Waals surface area contributed by atoms with Gasteiger partial charge in [-0.3, -0.25) is 0 Å². The Hall–Kier alpha value is -1.67. The molecule has 1 nitrogen and oxygen atoms in total. The van der Waals surface area contributed by atoms with Crippen molar-refractivity contribution in [2.45, 2.75) is 40.2 Å². The Labute approximate surface area is 127 Å². The second-order valence-electron chi connectivity index (χ2n) is 5.81. The van der Waals surface area contributed by atoms with Crippen LogP contribution in [0, 0.1) is 26.6 Å². The highest BCUT2D eigenvalue weighted by Crippen LogP contribution is 2.23. The van der Waals surface area contributed by atoms with Crippen LogP contribution in [-0.4, -0.2) is 6.54 Å². The van der Waals surface area contributed by atoms with Crippen LogP contribution in [0.5, 0.6) is 0 Å².